The first-order chi connectivity index (χ1) is 12.0. The Morgan fingerprint density at radius 2 is 1.92 bits per heavy atom. The number of carbonyl (C=O) groups is 1. The highest BCUT2D eigenvalue weighted by molar-refractivity contribution is 5.74. The zero-order valence-electron chi connectivity index (χ0n) is 15.8. The van der Waals surface area contributed by atoms with Gasteiger partial charge in [0.25, 0.3) is 0 Å². The number of likely N-dealkylation sites (tertiary alicyclic amines) is 1. The van der Waals surface area contributed by atoms with Crippen molar-refractivity contribution in [1.82, 2.24) is 25.0 Å². The predicted molar refractivity (Wildman–Crippen MR) is 96.3 cm³/mol. The molecule has 0 saturated carbocycles. The molecule has 140 valence electrons. The molecule has 2 amide bonds. The van der Waals surface area contributed by atoms with Gasteiger partial charge in [-0.1, -0.05) is 6.92 Å². The van der Waals surface area contributed by atoms with Crippen LogP contribution in [-0.4, -0.2) is 78.6 Å². The molecule has 0 radical (unpaired) electrons. The van der Waals surface area contributed by atoms with E-state index in [1.165, 1.54) is 6.39 Å². The van der Waals surface area contributed by atoms with Crippen molar-refractivity contribution in [3.05, 3.63) is 17.8 Å². The summed E-state index contributed by atoms with van der Waals surface area (Å²) in [7, 11) is 2.19. The Morgan fingerprint density at radius 1 is 1.24 bits per heavy atom. The lowest BCUT2D eigenvalue weighted by Crippen LogP contribution is -2.52. The highest BCUT2D eigenvalue weighted by atomic mass is 16.3. The van der Waals surface area contributed by atoms with Gasteiger partial charge in [-0.2, -0.15) is 0 Å². The van der Waals surface area contributed by atoms with E-state index >= 15 is 0 Å². The largest absolute Gasteiger partial charge is 0.448 e. The van der Waals surface area contributed by atoms with E-state index in [9.17, 15) is 4.79 Å². The van der Waals surface area contributed by atoms with Gasteiger partial charge in [0, 0.05) is 45.8 Å². The summed E-state index contributed by atoms with van der Waals surface area (Å²) in [5, 5.41) is 2.96. The number of aryl methyl sites for hydroxylation is 1. The Hall–Kier alpha value is -1.60. The molecule has 0 aromatic carbocycles. The highest BCUT2D eigenvalue weighted by Crippen LogP contribution is 2.32. The molecule has 1 N–H and O–H groups in total. The third-order valence-electron chi connectivity index (χ3n) is 5.71. The molecule has 1 aromatic rings. The fourth-order valence-electron chi connectivity index (χ4n) is 3.72. The van der Waals surface area contributed by atoms with Crippen molar-refractivity contribution in [3.63, 3.8) is 0 Å². The van der Waals surface area contributed by atoms with Gasteiger partial charge in [-0.05, 0) is 32.2 Å². The summed E-state index contributed by atoms with van der Waals surface area (Å²) in [5.74, 6) is 0.763. The second-order valence-corrected chi connectivity index (χ2v) is 7.89. The summed E-state index contributed by atoms with van der Waals surface area (Å²) >= 11 is 0. The number of urea groups is 1. The van der Waals surface area contributed by atoms with Gasteiger partial charge in [0.15, 0.2) is 6.39 Å². The lowest BCUT2D eigenvalue weighted by atomic mass is 9.80. The van der Waals surface area contributed by atoms with Gasteiger partial charge in [-0.25, -0.2) is 9.78 Å². The number of nitrogens with one attached hydrogen (secondary N) is 1. The van der Waals surface area contributed by atoms with Crippen molar-refractivity contribution in [2.45, 2.75) is 33.2 Å². The molecule has 3 heterocycles. The van der Waals surface area contributed by atoms with E-state index in [1.807, 2.05) is 11.8 Å². The molecule has 3 rings (SSSR count). The van der Waals surface area contributed by atoms with Crippen molar-refractivity contribution >= 4 is 6.03 Å². The number of hydrogen-bond donors (Lipinski definition) is 1. The summed E-state index contributed by atoms with van der Waals surface area (Å²) in [6.45, 7) is 12.1. The quantitative estimate of drug-likeness (QED) is 0.893. The Labute approximate surface area is 150 Å². The van der Waals surface area contributed by atoms with Crippen LogP contribution in [0.1, 0.15) is 31.2 Å². The van der Waals surface area contributed by atoms with Crippen LogP contribution in [0, 0.1) is 12.3 Å². The molecule has 0 unspecified atom stereocenters. The average molecular weight is 349 g/mol. The molecule has 2 fully saturated rings. The van der Waals surface area contributed by atoms with Crippen LogP contribution in [0.3, 0.4) is 0 Å². The van der Waals surface area contributed by atoms with Gasteiger partial charge >= 0.3 is 6.03 Å². The number of aromatic nitrogens is 1. The number of likely N-dealkylation sites (N-methyl/N-ethyl adjacent to an activating group) is 1. The molecular formula is C18H31N5O2. The van der Waals surface area contributed by atoms with E-state index in [2.05, 4.69) is 34.1 Å². The van der Waals surface area contributed by atoms with Gasteiger partial charge in [0.05, 0.1) is 6.54 Å². The Morgan fingerprint density at radius 3 is 2.52 bits per heavy atom. The lowest BCUT2D eigenvalue weighted by Gasteiger charge is -2.44. The lowest BCUT2D eigenvalue weighted by molar-refractivity contribution is 0.0628. The van der Waals surface area contributed by atoms with Gasteiger partial charge in [0.2, 0.25) is 0 Å². The van der Waals surface area contributed by atoms with E-state index in [4.69, 9.17) is 4.42 Å². The molecule has 7 heteroatoms. The number of hydrogen-bond acceptors (Lipinski definition) is 5. The van der Waals surface area contributed by atoms with Crippen LogP contribution in [0.15, 0.2) is 10.8 Å². The molecule has 0 aliphatic carbocycles. The zero-order valence-corrected chi connectivity index (χ0v) is 15.8. The summed E-state index contributed by atoms with van der Waals surface area (Å²) in [6, 6.07) is 0.00375. The van der Waals surface area contributed by atoms with E-state index in [-0.39, 0.29) is 6.03 Å². The number of amides is 2. The molecule has 2 saturated heterocycles. The number of nitrogens with zero attached hydrogens (tertiary/aromatic N) is 4. The van der Waals surface area contributed by atoms with Crippen LogP contribution in [0.25, 0.3) is 0 Å². The maximum absolute atomic E-state index is 12.4. The number of rotatable bonds is 4. The topological polar surface area (TPSA) is 64.9 Å². The standard InChI is InChI=1S/C18H31N5O2/c1-15-16(20-14-25-15)12-19-17(24)23-6-4-18(2,5-7-23)13-22-10-8-21(3)9-11-22/h14H,4-13H2,1-3H3,(H,19,24). The first-order valence-electron chi connectivity index (χ1n) is 9.28. The SMILES string of the molecule is Cc1ocnc1CNC(=O)N1CCC(C)(CN2CCN(C)CC2)CC1. The predicted octanol–water partition coefficient (Wildman–Crippen LogP) is 1.54. The molecule has 7 nitrogen and oxygen atoms in total. The fraction of sp³-hybridized carbons (Fsp3) is 0.778. The van der Waals surface area contributed by atoms with E-state index in [0.29, 0.717) is 12.0 Å². The van der Waals surface area contributed by atoms with E-state index in [1.54, 1.807) is 0 Å². The molecule has 0 bridgehead atoms. The normalized spacial score (nSPS) is 22.1. The number of piperazine rings is 1. The zero-order chi connectivity index (χ0) is 17.9. The maximum Gasteiger partial charge on any atom is 0.317 e. The number of carbonyl (C=O) groups excluding carboxylic acids is 1. The van der Waals surface area contributed by atoms with Crippen molar-refractivity contribution in [3.8, 4) is 0 Å². The van der Waals surface area contributed by atoms with Gasteiger partial charge in [-0.3, -0.25) is 0 Å². The molecule has 0 atom stereocenters. The summed E-state index contributed by atoms with van der Waals surface area (Å²) in [5.41, 5.74) is 1.11. The Kier molecular flexibility index (Phi) is 5.64. The average Bonchev–Trinajstić information content (AvgIpc) is 3.00. The van der Waals surface area contributed by atoms with Crippen molar-refractivity contribution in [2.75, 3.05) is 52.9 Å². The van der Waals surface area contributed by atoms with Crippen molar-refractivity contribution in [2.24, 2.45) is 5.41 Å². The maximum atomic E-state index is 12.4. The first-order valence-corrected chi connectivity index (χ1v) is 9.28. The Bertz CT molecular complexity index is 572. The van der Waals surface area contributed by atoms with Crippen LogP contribution in [0.2, 0.25) is 0 Å². The summed E-state index contributed by atoms with van der Waals surface area (Å²) in [4.78, 5) is 23.4. The minimum atomic E-state index is 0.00375. The first kappa shape index (κ1) is 18.2. The second-order valence-electron chi connectivity index (χ2n) is 7.89. The van der Waals surface area contributed by atoms with Crippen molar-refractivity contribution < 1.29 is 9.21 Å². The van der Waals surface area contributed by atoms with Crippen molar-refractivity contribution in [1.29, 1.82) is 0 Å². The van der Waals surface area contributed by atoms with E-state index in [0.717, 1.165) is 70.1 Å². The summed E-state index contributed by atoms with van der Waals surface area (Å²) < 4.78 is 5.16. The van der Waals surface area contributed by atoms with Gasteiger partial charge in [0.1, 0.15) is 11.5 Å². The van der Waals surface area contributed by atoms with Gasteiger partial charge in [-0.15, -0.1) is 0 Å². The summed E-state index contributed by atoms with van der Waals surface area (Å²) in [6.07, 6.45) is 3.55. The van der Waals surface area contributed by atoms with Crippen LogP contribution >= 0.6 is 0 Å². The highest BCUT2D eigenvalue weighted by Gasteiger charge is 2.34. The molecular weight excluding hydrogens is 318 g/mol. The molecule has 0 spiro atoms. The van der Waals surface area contributed by atoms with Crippen LogP contribution in [-0.2, 0) is 6.54 Å². The van der Waals surface area contributed by atoms with Crippen LogP contribution < -0.4 is 5.32 Å². The second kappa shape index (κ2) is 7.74. The fourth-order valence-corrected chi connectivity index (χ4v) is 3.72. The smallest absolute Gasteiger partial charge is 0.317 e. The minimum Gasteiger partial charge on any atom is -0.448 e. The molecule has 2 aliphatic heterocycles. The van der Waals surface area contributed by atoms with E-state index < -0.39 is 0 Å². The van der Waals surface area contributed by atoms with Crippen LogP contribution in [0.5, 0.6) is 0 Å². The number of oxazole rings is 1. The minimum absolute atomic E-state index is 0.00375. The molecule has 2 aliphatic rings. The Balaban J connectivity index is 1.42. The number of piperidine rings is 1. The monoisotopic (exact) mass is 349 g/mol. The molecule has 25 heavy (non-hydrogen) atoms. The third kappa shape index (κ3) is 4.73. The third-order valence-corrected chi connectivity index (χ3v) is 5.71. The van der Waals surface area contributed by atoms with Crippen LogP contribution in [0.4, 0.5) is 4.79 Å². The van der Waals surface area contributed by atoms with Gasteiger partial charge < -0.3 is 24.4 Å². The molecule has 1 aromatic heterocycles.